The highest BCUT2D eigenvalue weighted by Crippen LogP contribution is 2.43. The minimum atomic E-state index is -4.00. The third-order valence-electron chi connectivity index (χ3n) is 3.49. The number of aryl methyl sites for hydroxylation is 1. The molecular weight excluding hydrogens is 299 g/mol. The fourth-order valence-electron chi connectivity index (χ4n) is 2.17. The van der Waals surface area contributed by atoms with Crippen LogP contribution in [0.1, 0.15) is 63.9 Å². The number of hydrogen-bond donors (Lipinski definition) is 1. The molecule has 1 rings (SSSR count). The zero-order chi connectivity index (χ0) is 16.3. The summed E-state index contributed by atoms with van der Waals surface area (Å²) in [5.41, 5.74) is 1.07. The van der Waals surface area contributed by atoms with Crippen molar-refractivity contribution in [1.29, 1.82) is 0 Å². The SMILES string of the molecule is CCCCCCCCCCOP(=O)(O)Oc1ccc(C)cc1. The van der Waals surface area contributed by atoms with Gasteiger partial charge in [-0.2, -0.15) is 0 Å². The van der Waals surface area contributed by atoms with Gasteiger partial charge in [-0.25, -0.2) is 4.57 Å². The molecule has 1 aromatic rings. The molecule has 0 spiro atoms. The molecule has 1 atom stereocenters. The highest BCUT2D eigenvalue weighted by atomic mass is 31.2. The van der Waals surface area contributed by atoms with Crippen LogP contribution >= 0.6 is 7.82 Å². The summed E-state index contributed by atoms with van der Waals surface area (Å²) in [7, 11) is -4.00. The van der Waals surface area contributed by atoms with E-state index >= 15 is 0 Å². The standard InChI is InChI=1S/C17H29O4P/c1-3-4-5-6-7-8-9-10-15-20-22(18,19)21-17-13-11-16(2)12-14-17/h11-14H,3-10,15H2,1-2H3,(H,18,19). The normalized spacial score (nSPS) is 13.8. The van der Waals surface area contributed by atoms with Gasteiger partial charge < -0.3 is 4.52 Å². The third kappa shape index (κ3) is 9.24. The summed E-state index contributed by atoms with van der Waals surface area (Å²) in [5.74, 6) is 0.354. The molecule has 1 N–H and O–H groups in total. The van der Waals surface area contributed by atoms with Crippen LogP contribution in [0.4, 0.5) is 0 Å². The molecule has 0 fully saturated rings. The van der Waals surface area contributed by atoms with Gasteiger partial charge in [0.05, 0.1) is 6.61 Å². The molecule has 5 heteroatoms. The fourth-order valence-corrected chi connectivity index (χ4v) is 2.98. The lowest BCUT2D eigenvalue weighted by atomic mass is 10.1. The zero-order valence-corrected chi connectivity index (χ0v) is 14.7. The predicted molar refractivity (Wildman–Crippen MR) is 90.2 cm³/mol. The van der Waals surface area contributed by atoms with E-state index in [0.29, 0.717) is 5.75 Å². The van der Waals surface area contributed by atoms with Gasteiger partial charge in [-0.1, -0.05) is 69.6 Å². The minimum absolute atomic E-state index is 0.259. The van der Waals surface area contributed by atoms with Crippen LogP contribution in [0.25, 0.3) is 0 Å². The molecule has 22 heavy (non-hydrogen) atoms. The third-order valence-corrected chi connectivity index (χ3v) is 4.44. The van der Waals surface area contributed by atoms with Crippen molar-refractivity contribution in [3.05, 3.63) is 29.8 Å². The number of hydrogen-bond acceptors (Lipinski definition) is 3. The number of benzene rings is 1. The molecule has 0 heterocycles. The minimum Gasteiger partial charge on any atom is -0.404 e. The second-order valence-electron chi connectivity index (χ2n) is 5.68. The van der Waals surface area contributed by atoms with Gasteiger partial charge in [0, 0.05) is 0 Å². The van der Waals surface area contributed by atoms with Crippen molar-refractivity contribution >= 4 is 7.82 Å². The van der Waals surface area contributed by atoms with E-state index in [1.165, 1.54) is 32.1 Å². The van der Waals surface area contributed by atoms with E-state index in [-0.39, 0.29) is 6.61 Å². The van der Waals surface area contributed by atoms with E-state index in [2.05, 4.69) is 6.92 Å². The van der Waals surface area contributed by atoms with E-state index < -0.39 is 7.82 Å². The Labute approximate surface area is 134 Å². The molecule has 0 saturated heterocycles. The lowest BCUT2D eigenvalue weighted by molar-refractivity contribution is 0.199. The smallest absolute Gasteiger partial charge is 0.404 e. The summed E-state index contributed by atoms with van der Waals surface area (Å²) >= 11 is 0. The second-order valence-corrected chi connectivity index (χ2v) is 7.06. The number of phosphoric ester groups is 1. The first kappa shape index (κ1) is 19.2. The van der Waals surface area contributed by atoms with E-state index in [4.69, 9.17) is 9.05 Å². The van der Waals surface area contributed by atoms with Gasteiger partial charge in [-0.3, -0.25) is 9.42 Å². The Kier molecular flexibility index (Phi) is 9.45. The maximum atomic E-state index is 11.8. The van der Waals surface area contributed by atoms with E-state index in [0.717, 1.165) is 24.8 Å². The van der Waals surface area contributed by atoms with Crippen LogP contribution in [0.2, 0.25) is 0 Å². The topological polar surface area (TPSA) is 55.8 Å². The lowest BCUT2D eigenvalue weighted by Crippen LogP contribution is -1.99. The number of phosphoric acid groups is 1. The van der Waals surface area contributed by atoms with Crippen molar-refractivity contribution < 1.29 is 18.5 Å². The molecule has 4 nitrogen and oxygen atoms in total. The van der Waals surface area contributed by atoms with Crippen molar-refractivity contribution in [3.63, 3.8) is 0 Å². The molecule has 1 aromatic carbocycles. The summed E-state index contributed by atoms with van der Waals surface area (Å²) < 4.78 is 21.8. The fraction of sp³-hybridized carbons (Fsp3) is 0.647. The highest BCUT2D eigenvalue weighted by Gasteiger charge is 2.22. The predicted octanol–water partition coefficient (Wildman–Crippen LogP) is 5.63. The van der Waals surface area contributed by atoms with Gasteiger partial charge in [-0.05, 0) is 25.5 Å². The van der Waals surface area contributed by atoms with Gasteiger partial charge in [-0.15, -0.1) is 0 Å². The van der Waals surface area contributed by atoms with Crippen molar-refractivity contribution in [2.75, 3.05) is 6.61 Å². The Balaban J connectivity index is 2.10. The van der Waals surface area contributed by atoms with Gasteiger partial charge in [0.25, 0.3) is 0 Å². The summed E-state index contributed by atoms with van der Waals surface area (Å²) in [4.78, 5) is 9.65. The van der Waals surface area contributed by atoms with Gasteiger partial charge >= 0.3 is 7.82 Å². The van der Waals surface area contributed by atoms with E-state index in [1.807, 2.05) is 19.1 Å². The highest BCUT2D eigenvalue weighted by molar-refractivity contribution is 7.47. The monoisotopic (exact) mass is 328 g/mol. The molecule has 0 bridgehead atoms. The quantitative estimate of drug-likeness (QED) is 0.399. The van der Waals surface area contributed by atoms with Crippen molar-refractivity contribution in [2.24, 2.45) is 0 Å². The van der Waals surface area contributed by atoms with Crippen molar-refractivity contribution in [2.45, 2.75) is 65.2 Å². The Morgan fingerprint density at radius 1 is 0.955 bits per heavy atom. The zero-order valence-electron chi connectivity index (χ0n) is 13.8. The average Bonchev–Trinajstić information content (AvgIpc) is 2.48. The van der Waals surface area contributed by atoms with Crippen LogP contribution in [0.15, 0.2) is 24.3 Å². The first-order valence-electron chi connectivity index (χ1n) is 8.27. The van der Waals surface area contributed by atoms with Gasteiger partial charge in [0.15, 0.2) is 0 Å². The summed E-state index contributed by atoms with van der Waals surface area (Å²) in [6, 6.07) is 6.98. The Morgan fingerprint density at radius 3 is 2.09 bits per heavy atom. The first-order valence-corrected chi connectivity index (χ1v) is 9.76. The van der Waals surface area contributed by atoms with Crippen LogP contribution in [0.5, 0.6) is 5.75 Å². The summed E-state index contributed by atoms with van der Waals surface area (Å²) in [6.07, 6.45) is 9.37. The van der Waals surface area contributed by atoms with Gasteiger partial charge in [0.1, 0.15) is 5.75 Å². The van der Waals surface area contributed by atoms with Crippen LogP contribution in [0, 0.1) is 6.92 Å². The Hall–Kier alpha value is -0.830. The van der Waals surface area contributed by atoms with Crippen molar-refractivity contribution in [1.82, 2.24) is 0 Å². The van der Waals surface area contributed by atoms with Gasteiger partial charge in [0.2, 0.25) is 0 Å². The molecule has 0 saturated carbocycles. The maximum Gasteiger partial charge on any atom is 0.527 e. The Morgan fingerprint density at radius 2 is 1.50 bits per heavy atom. The molecular formula is C17H29O4P. The number of unbranched alkanes of at least 4 members (excludes halogenated alkanes) is 7. The van der Waals surface area contributed by atoms with Crippen LogP contribution < -0.4 is 4.52 Å². The van der Waals surface area contributed by atoms with Crippen molar-refractivity contribution in [3.8, 4) is 5.75 Å². The summed E-state index contributed by atoms with van der Waals surface area (Å²) in [6.45, 7) is 4.42. The molecule has 1 unspecified atom stereocenters. The van der Waals surface area contributed by atoms with Crippen LogP contribution in [0.3, 0.4) is 0 Å². The molecule has 0 radical (unpaired) electrons. The molecule has 0 aromatic heterocycles. The first-order chi connectivity index (χ1) is 10.5. The molecule has 126 valence electrons. The lowest BCUT2D eigenvalue weighted by Gasteiger charge is -2.13. The molecule has 0 aliphatic heterocycles. The number of rotatable bonds is 12. The molecule has 0 amide bonds. The second kappa shape index (κ2) is 10.8. The molecule has 0 aliphatic rings. The van der Waals surface area contributed by atoms with E-state index in [9.17, 15) is 9.46 Å². The molecule has 0 aliphatic carbocycles. The van der Waals surface area contributed by atoms with Crippen LogP contribution in [-0.4, -0.2) is 11.5 Å². The largest absolute Gasteiger partial charge is 0.527 e. The van der Waals surface area contributed by atoms with E-state index in [1.54, 1.807) is 12.1 Å². The average molecular weight is 328 g/mol. The summed E-state index contributed by atoms with van der Waals surface area (Å²) in [5, 5.41) is 0. The maximum absolute atomic E-state index is 11.8. The Bertz CT molecular complexity index is 444. The van der Waals surface area contributed by atoms with Crippen LogP contribution in [-0.2, 0) is 9.09 Å².